The van der Waals surface area contributed by atoms with Crippen molar-refractivity contribution in [3.63, 3.8) is 0 Å². The fourth-order valence-corrected chi connectivity index (χ4v) is 2.44. The van der Waals surface area contributed by atoms with E-state index in [1.54, 1.807) is 24.2 Å². The standard InChI is InChI=1S/C17H26N6O2.HI/c1-5-18-17(22(2)11-15-20-12-21-23(15)3)19-10-9-13-7-6-8-14(25-4)16(13)24;/h6-8,12,24H,5,9-11H2,1-4H3,(H,18,19);1H. The van der Waals surface area contributed by atoms with Crippen LogP contribution in [-0.4, -0.2) is 58.0 Å². The van der Waals surface area contributed by atoms with Gasteiger partial charge in [0, 0.05) is 27.2 Å². The Morgan fingerprint density at radius 2 is 2.19 bits per heavy atom. The predicted molar refractivity (Wildman–Crippen MR) is 112 cm³/mol. The van der Waals surface area contributed by atoms with Gasteiger partial charge >= 0.3 is 0 Å². The Hall–Kier alpha value is -2.04. The molecule has 0 saturated carbocycles. The smallest absolute Gasteiger partial charge is 0.194 e. The van der Waals surface area contributed by atoms with Crippen LogP contribution in [0.5, 0.6) is 11.5 Å². The van der Waals surface area contributed by atoms with Crippen LogP contribution >= 0.6 is 24.0 Å². The molecule has 0 unspecified atom stereocenters. The van der Waals surface area contributed by atoms with Crippen LogP contribution in [0.1, 0.15) is 18.3 Å². The molecule has 1 aromatic carbocycles. The van der Waals surface area contributed by atoms with Crippen LogP contribution in [0.3, 0.4) is 0 Å². The summed E-state index contributed by atoms with van der Waals surface area (Å²) in [6, 6.07) is 5.48. The summed E-state index contributed by atoms with van der Waals surface area (Å²) in [5.41, 5.74) is 0.815. The van der Waals surface area contributed by atoms with E-state index in [-0.39, 0.29) is 29.7 Å². The lowest BCUT2D eigenvalue weighted by molar-refractivity contribution is 0.370. The van der Waals surface area contributed by atoms with Gasteiger partial charge in [-0.2, -0.15) is 5.10 Å². The zero-order valence-corrected chi connectivity index (χ0v) is 18.0. The van der Waals surface area contributed by atoms with Gasteiger partial charge in [-0.1, -0.05) is 12.1 Å². The number of hydrogen-bond acceptors (Lipinski definition) is 5. The molecular formula is C17H27IN6O2. The van der Waals surface area contributed by atoms with Gasteiger partial charge in [0.1, 0.15) is 12.2 Å². The molecule has 0 atom stereocenters. The zero-order valence-electron chi connectivity index (χ0n) is 15.6. The molecule has 0 bridgehead atoms. The topological polar surface area (TPSA) is 87.8 Å². The number of hydrogen-bond donors (Lipinski definition) is 2. The summed E-state index contributed by atoms with van der Waals surface area (Å²) in [7, 11) is 5.37. The molecule has 2 rings (SSSR count). The largest absolute Gasteiger partial charge is 0.504 e. The first-order valence-corrected chi connectivity index (χ1v) is 8.24. The highest BCUT2D eigenvalue weighted by molar-refractivity contribution is 14.0. The molecule has 0 aliphatic carbocycles. The number of phenolic OH excluding ortho intramolecular Hbond substituents is 1. The molecule has 9 heteroatoms. The number of halogens is 1. The first-order valence-electron chi connectivity index (χ1n) is 8.24. The minimum Gasteiger partial charge on any atom is -0.504 e. The molecule has 2 N–H and O–H groups in total. The van der Waals surface area contributed by atoms with Crippen molar-refractivity contribution in [2.75, 3.05) is 27.2 Å². The van der Waals surface area contributed by atoms with E-state index < -0.39 is 0 Å². The van der Waals surface area contributed by atoms with Crippen LogP contribution in [0.25, 0.3) is 0 Å². The lowest BCUT2D eigenvalue weighted by atomic mass is 10.1. The second kappa shape index (κ2) is 10.8. The fourth-order valence-electron chi connectivity index (χ4n) is 2.44. The van der Waals surface area contributed by atoms with Crippen molar-refractivity contribution in [2.45, 2.75) is 19.9 Å². The molecule has 1 heterocycles. The van der Waals surface area contributed by atoms with E-state index in [4.69, 9.17) is 4.74 Å². The number of phenols is 1. The minimum absolute atomic E-state index is 0. The lowest BCUT2D eigenvalue weighted by Crippen LogP contribution is -2.39. The van der Waals surface area contributed by atoms with Crippen LogP contribution < -0.4 is 10.1 Å². The van der Waals surface area contributed by atoms with Crippen LogP contribution in [0, 0.1) is 0 Å². The van der Waals surface area contributed by atoms with Gasteiger partial charge in [0.25, 0.3) is 0 Å². The van der Waals surface area contributed by atoms with Crippen LogP contribution in [0.4, 0.5) is 0 Å². The summed E-state index contributed by atoms with van der Waals surface area (Å²) in [6.07, 6.45) is 2.16. The normalized spacial score (nSPS) is 11.0. The monoisotopic (exact) mass is 474 g/mol. The Morgan fingerprint density at radius 1 is 1.42 bits per heavy atom. The number of methoxy groups -OCH3 is 1. The van der Waals surface area contributed by atoms with E-state index in [9.17, 15) is 5.11 Å². The average Bonchev–Trinajstić information content (AvgIpc) is 3.00. The molecule has 0 fully saturated rings. The number of benzene rings is 1. The highest BCUT2D eigenvalue weighted by Gasteiger charge is 2.11. The SMILES string of the molecule is CCNC(=NCCc1cccc(OC)c1O)N(C)Cc1ncnn1C.I. The van der Waals surface area contributed by atoms with Gasteiger partial charge in [-0.15, -0.1) is 24.0 Å². The van der Waals surface area contributed by atoms with E-state index in [2.05, 4.69) is 20.4 Å². The number of nitrogens with one attached hydrogen (secondary N) is 1. The summed E-state index contributed by atoms with van der Waals surface area (Å²) < 4.78 is 6.88. The Labute approximate surface area is 171 Å². The number of aliphatic imine (C=N–C) groups is 1. The molecule has 0 radical (unpaired) electrons. The molecule has 0 aliphatic rings. The Balaban J connectivity index is 0.00000338. The molecule has 0 spiro atoms. The fraction of sp³-hybridized carbons (Fsp3) is 0.471. The van der Waals surface area contributed by atoms with E-state index in [1.165, 1.54) is 0 Å². The number of ether oxygens (including phenoxy) is 1. The van der Waals surface area contributed by atoms with Gasteiger partial charge in [0.15, 0.2) is 17.5 Å². The number of aryl methyl sites for hydroxylation is 1. The zero-order chi connectivity index (χ0) is 18.2. The third-order valence-electron chi connectivity index (χ3n) is 3.83. The maximum absolute atomic E-state index is 10.2. The van der Waals surface area contributed by atoms with Crippen molar-refractivity contribution in [1.82, 2.24) is 25.0 Å². The van der Waals surface area contributed by atoms with Crippen LogP contribution in [0.15, 0.2) is 29.5 Å². The molecule has 0 amide bonds. The molecular weight excluding hydrogens is 447 g/mol. The van der Waals surface area contributed by atoms with Crippen molar-refractivity contribution in [3.05, 3.63) is 35.9 Å². The van der Waals surface area contributed by atoms with E-state index >= 15 is 0 Å². The molecule has 26 heavy (non-hydrogen) atoms. The van der Waals surface area contributed by atoms with Crippen molar-refractivity contribution in [2.24, 2.45) is 12.0 Å². The molecule has 2 aromatic rings. The van der Waals surface area contributed by atoms with Crippen molar-refractivity contribution < 1.29 is 9.84 Å². The lowest BCUT2D eigenvalue weighted by Gasteiger charge is -2.21. The van der Waals surface area contributed by atoms with Crippen LogP contribution in [-0.2, 0) is 20.0 Å². The summed E-state index contributed by atoms with van der Waals surface area (Å²) in [6.45, 7) is 3.95. The number of aromatic hydroxyl groups is 1. The quantitative estimate of drug-likeness (QED) is 0.362. The van der Waals surface area contributed by atoms with Gasteiger partial charge in [-0.25, -0.2) is 4.98 Å². The Bertz CT molecular complexity index is 719. The van der Waals surface area contributed by atoms with Crippen molar-refractivity contribution >= 4 is 29.9 Å². The number of nitrogens with zero attached hydrogens (tertiary/aromatic N) is 5. The Kier molecular flexibility index (Phi) is 9.17. The predicted octanol–water partition coefficient (Wildman–Crippen LogP) is 1.79. The number of rotatable bonds is 7. The van der Waals surface area contributed by atoms with Crippen LogP contribution in [0.2, 0.25) is 0 Å². The second-order valence-corrected chi connectivity index (χ2v) is 5.61. The summed E-state index contributed by atoms with van der Waals surface area (Å²) >= 11 is 0. The summed E-state index contributed by atoms with van der Waals surface area (Å²) in [5, 5.41) is 17.5. The third kappa shape index (κ3) is 5.75. The first-order chi connectivity index (χ1) is 12.1. The highest BCUT2D eigenvalue weighted by atomic mass is 127. The molecule has 1 aromatic heterocycles. The summed E-state index contributed by atoms with van der Waals surface area (Å²) in [5.74, 6) is 2.30. The highest BCUT2D eigenvalue weighted by Crippen LogP contribution is 2.29. The van der Waals surface area contributed by atoms with Crippen molar-refractivity contribution in [3.8, 4) is 11.5 Å². The maximum Gasteiger partial charge on any atom is 0.194 e. The van der Waals surface area contributed by atoms with E-state index in [1.807, 2.05) is 38.1 Å². The van der Waals surface area contributed by atoms with E-state index in [0.29, 0.717) is 25.3 Å². The van der Waals surface area contributed by atoms with Crippen molar-refractivity contribution in [1.29, 1.82) is 0 Å². The minimum atomic E-state index is 0. The van der Waals surface area contributed by atoms with Gasteiger partial charge in [0.2, 0.25) is 0 Å². The molecule has 0 saturated heterocycles. The number of guanidine groups is 1. The molecule has 0 aliphatic heterocycles. The summed E-state index contributed by atoms with van der Waals surface area (Å²) in [4.78, 5) is 10.9. The van der Waals surface area contributed by atoms with E-state index in [0.717, 1.165) is 23.9 Å². The van der Waals surface area contributed by atoms with Gasteiger partial charge < -0.3 is 20.1 Å². The maximum atomic E-state index is 10.2. The van der Waals surface area contributed by atoms with Gasteiger partial charge in [-0.05, 0) is 25.0 Å². The first kappa shape index (κ1) is 22.0. The third-order valence-corrected chi connectivity index (χ3v) is 3.83. The number of aromatic nitrogens is 3. The Morgan fingerprint density at radius 3 is 2.81 bits per heavy atom. The number of para-hydroxylation sites is 1. The molecule has 144 valence electrons. The molecule has 8 nitrogen and oxygen atoms in total. The second-order valence-electron chi connectivity index (χ2n) is 5.61. The van der Waals surface area contributed by atoms with Gasteiger partial charge in [0.05, 0.1) is 13.7 Å². The van der Waals surface area contributed by atoms with Gasteiger partial charge in [-0.3, -0.25) is 9.67 Å². The average molecular weight is 474 g/mol.